The Balaban J connectivity index is 1.50. The van der Waals surface area contributed by atoms with E-state index in [2.05, 4.69) is 27.0 Å². The number of amides is 1. The third-order valence-corrected chi connectivity index (χ3v) is 6.13. The highest BCUT2D eigenvalue weighted by Gasteiger charge is 2.24. The van der Waals surface area contributed by atoms with E-state index in [0.29, 0.717) is 22.2 Å². The molecule has 6 heteroatoms. The highest BCUT2D eigenvalue weighted by Crippen LogP contribution is 2.31. The molecule has 4 aromatic rings. The molecule has 32 heavy (non-hydrogen) atoms. The SMILES string of the molecule is N#Cc1ccccc1Cn1cc(/C=C2\SC(=Nc3ccccc3)NC2=O)c2ccccc21. The predicted octanol–water partition coefficient (Wildman–Crippen LogP) is 5.45. The lowest BCUT2D eigenvalue weighted by atomic mass is 10.1. The number of para-hydroxylation sites is 2. The monoisotopic (exact) mass is 434 g/mol. The van der Waals surface area contributed by atoms with Crippen LogP contribution < -0.4 is 5.32 Å². The van der Waals surface area contributed by atoms with Gasteiger partial charge in [-0.2, -0.15) is 5.26 Å². The zero-order valence-electron chi connectivity index (χ0n) is 17.0. The van der Waals surface area contributed by atoms with Crippen LogP contribution in [0.15, 0.2) is 95.0 Å². The van der Waals surface area contributed by atoms with E-state index in [-0.39, 0.29) is 5.91 Å². The van der Waals surface area contributed by atoms with Gasteiger partial charge in [0.2, 0.25) is 0 Å². The van der Waals surface area contributed by atoms with Crippen LogP contribution in [0.25, 0.3) is 17.0 Å². The number of hydrogen-bond donors (Lipinski definition) is 1. The average Bonchev–Trinajstić information content (AvgIpc) is 3.34. The number of aliphatic imine (C=N–C) groups is 1. The molecule has 0 saturated carbocycles. The number of nitriles is 1. The smallest absolute Gasteiger partial charge is 0.264 e. The summed E-state index contributed by atoms with van der Waals surface area (Å²) in [6.45, 7) is 0.577. The van der Waals surface area contributed by atoms with Crippen molar-refractivity contribution in [3.63, 3.8) is 0 Å². The molecule has 154 valence electrons. The topological polar surface area (TPSA) is 70.2 Å². The second-order valence-corrected chi connectivity index (χ2v) is 8.35. The third kappa shape index (κ3) is 3.94. The molecule has 1 amide bonds. The largest absolute Gasteiger partial charge is 0.342 e. The van der Waals surface area contributed by atoms with E-state index in [1.807, 2.05) is 85.1 Å². The number of amidine groups is 1. The van der Waals surface area contributed by atoms with Crippen LogP contribution in [0, 0.1) is 11.3 Å². The molecular formula is C26H18N4OS. The minimum Gasteiger partial charge on any atom is -0.342 e. The summed E-state index contributed by atoms with van der Waals surface area (Å²) in [4.78, 5) is 17.7. The van der Waals surface area contributed by atoms with Crippen molar-refractivity contribution in [2.24, 2.45) is 4.99 Å². The van der Waals surface area contributed by atoms with Crippen molar-refractivity contribution in [3.8, 4) is 6.07 Å². The molecule has 5 nitrogen and oxygen atoms in total. The molecule has 0 aliphatic carbocycles. The van der Waals surface area contributed by atoms with Gasteiger partial charge in [0, 0.05) is 29.2 Å². The average molecular weight is 435 g/mol. The summed E-state index contributed by atoms with van der Waals surface area (Å²) in [5.74, 6) is -0.156. The number of carbonyl (C=O) groups is 1. The number of carbonyl (C=O) groups excluding carboxylic acids is 1. The van der Waals surface area contributed by atoms with E-state index >= 15 is 0 Å². The van der Waals surface area contributed by atoms with Crippen molar-refractivity contribution in [2.45, 2.75) is 6.54 Å². The Bertz CT molecular complexity index is 1430. The fraction of sp³-hybridized carbons (Fsp3) is 0.0385. The Hall–Kier alpha value is -4.08. The van der Waals surface area contributed by atoms with Gasteiger partial charge in [-0.1, -0.05) is 54.6 Å². The zero-order chi connectivity index (χ0) is 21.9. The van der Waals surface area contributed by atoms with Crippen molar-refractivity contribution < 1.29 is 4.79 Å². The van der Waals surface area contributed by atoms with Crippen molar-refractivity contribution >= 4 is 45.5 Å². The van der Waals surface area contributed by atoms with E-state index in [1.54, 1.807) is 0 Å². The van der Waals surface area contributed by atoms with E-state index in [4.69, 9.17) is 0 Å². The summed E-state index contributed by atoms with van der Waals surface area (Å²) < 4.78 is 2.12. The maximum absolute atomic E-state index is 12.6. The van der Waals surface area contributed by atoms with Crippen molar-refractivity contribution in [3.05, 3.63) is 107 Å². The highest BCUT2D eigenvalue weighted by molar-refractivity contribution is 8.18. The molecule has 1 aliphatic heterocycles. The van der Waals surface area contributed by atoms with Crippen molar-refractivity contribution in [1.29, 1.82) is 5.26 Å². The molecule has 5 rings (SSSR count). The molecule has 3 aromatic carbocycles. The van der Waals surface area contributed by atoms with Crippen LogP contribution >= 0.6 is 11.8 Å². The Kier molecular flexibility index (Phi) is 5.32. The van der Waals surface area contributed by atoms with Crippen LogP contribution in [0.4, 0.5) is 5.69 Å². The number of aromatic nitrogens is 1. The second kappa shape index (κ2) is 8.58. The molecule has 1 aliphatic rings. The van der Waals surface area contributed by atoms with Gasteiger partial charge < -0.3 is 9.88 Å². The molecule has 1 N–H and O–H groups in total. The molecule has 1 fully saturated rings. The number of rotatable bonds is 4. The molecule has 0 spiro atoms. The van der Waals surface area contributed by atoms with Gasteiger partial charge >= 0.3 is 0 Å². The first kappa shape index (κ1) is 19.9. The van der Waals surface area contributed by atoms with Crippen LogP contribution in [-0.2, 0) is 11.3 Å². The number of benzene rings is 3. The number of thioether (sulfide) groups is 1. The second-order valence-electron chi connectivity index (χ2n) is 7.32. The van der Waals surface area contributed by atoms with Crippen LogP contribution in [0.1, 0.15) is 16.7 Å². The summed E-state index contributed by atoms with van der Waals surface area (Å²) in [7, 11) is 0. The normalized spacial score (nSPS) is 15.9. The maximum atomic E-state index is 12.6. The number of nitrogens with zero attached hydrogens (tertiary/aromatic N) is 3. The lowest BCUT2D eigenvalue weighted by Crippen LogP contribution is -2.19. The van der Waals surface area contributed by atoms with E-state index in [1.165, 1.54) is 11.8 Å². The van der Waals surface area contributed by atoms with Crippen LogP contribution in [0.3, 0.4) is 0 Å². The maximum Gasteiger partial charge on any atom is 0.264 e. The lowest BCUT2D eigenvalue weighted by Gasteiger charge is -2.07. The van der Waals surface area contributed by atoms with Crippen LogP contribution in [0.5, 0.6) is 0 Å². The molecule has 0 atom stereocenters. The summed E-state index contributed by atoms with van der Waals surface area (Å²) in [5, 5.41) is 13.9. The van der Waals surface area contributed by atoms with E-state index in [0.717, 1.165) is 27.7 Å². The quantitative estimate of drug-likeness (QED) is 0.434. The van der Waals surface area contributed by atoms with E-state index in [9.17, 15) is 10.1 Å². The van der Waals surface area contributed by atoms with Gasteiger partial charge in [0.05, 0.1) is 22.2 Å². The van der Waals surface area contributed by atoms with Gasteiger partial charge in [0.25, 0.3) is 5.91 Å². The molecular weight excluding hydrogens is 416 g/mol. The minimum absolute atomic E-state index is 0.156. The first-order chi connectivity index (χ1) is 15.7. The number of fused-ring (bicyclic) bond motifs is 1. The van der Waals surface area contributed by atoms with Crippen LogP contribution in [-0.4, -0.2) is 15.6 Å². The predicted molar refractivity (Wildman–Crippen MR) is 129 cm³/mol. The fourth-order valence-corrected chi connectivity index (χ4v) is 4.55. The van der Waals surface area contributed by atoms with Gasteiger partial charge in [-0.3, -0.25) is 4.79 Å². The first-order valence-corrected chi connectivity index (χ1v) is 10.9. The fourth-order valence-electron chi connectivity index (χ4n) is 3.71. The molecule has 2 heterocycles. The van der Waals surface area contributed by atoms with Crippen molar-refractivity contribution in [2.75, 3.05) is 0 Å². The van der Waals surface area contributed by atoms with Crippen molar-refractivity contribution in [1.82, 2.24) is 9.88 Å². The molecule has 0 bridgehead atoms. The summed E-state index contributed by atoms with van der Waals surface area (Å²) >= 11 is 1.33. The Morgan fingerprint density at radius 3 is 2.59 bits per heavy atom. The molecule has 1 aromatic heterocycles. The first-order valence-electron chi connectivity index (χ1n) is 10.1. The van der Waals surface area contributed by atoms with E-state index < -0.39 is 0 Å². The highest BCUT2D eigenvalue weighted by atomic mass is 32.2. The standard InChI is InChI=1S/C26H18N4OS/c27-15-18-8-4-5-9-19(18)16-30-17-20(22-12-6-7-13-23(22)30)14-24-25(31)29-26(32-24)28-21-10-2-1-3-11-21/h1-14,17H,16H2,(H,28,29,31)/b24-14-. The number of hydrogen-bond acceptors (Lipinski definition) is 4. The van der Waals surface area contributed by atoms with Gasteiger partial charge in [-0.15, -0.1) is 0 Å². The van der Waals surface area contributed by atoms with Gasteiger partial charge in [0.15, 0.2) is 5.17 Å². The van der Waals surface area contributed by atoms with Gasteiger partial charge in [-0.05, 0) is 47.7 Å². The molecule has 1 saturated heterocycles. The summed E-state index contributed by atoms with van der Waals surface area (Å²) in [6.07, 6.45) is 3.94. The molecule has 0 unspecified atom stereocenters. The molecule has 0 radical (unpaired) electrons. The Morgan fingerprint density at radius 2 is 1.75 bits per heavy atom. The van der Waals surface area contributed by atoms with Crippen LogP contribution in [0.2, 0.25) is 0 Å². The summed E-state index contributed by atoms with van der Waals surface area (Å²) in [5.41, 5.74) is 4.42. The van der Waals surface area contributed by atoms with Gasteiger partial charge in [0.1, 0.15) is 0 Å². The Morgan fingerprint density at radius 1 is 1.00 bits per heavy atom. The van der Waals surface area contributed by atoms with Gasteiger partial charge in [-0.25, -0.2) is 4.99 Å². The summed E-state index contributed by atoms with van der Waals surface area (Å²) in [6, 6.07) is 27.5. The Labute approximate surface area is 189 Å². The zero-order valence-corrected chi connectivity index (χ0v) is 17.8. The minimum atomic E-state index is -0.156. The third-order valence-electron chi connectivity index (χ3n) is 5.22. The number of nitrogens with one attached hydrogen (secondary N) is 1. The lowest BCUT2D eigenvalue weighted by molar-refractivity contribution is -0.115.